The van der Waals surface area contributed by atoms with Crippen LogP contribution in [-0.4, -0.2) is 15.6 Å². The van der Waals surface area contributed by atoms with Crippen molar-refractivity contribution in [3.05, 3.63) is 125 Å². The largest absolute Gasteiger partial charge is 0.507 e. The minimum absolute atomic E-state index is 0.0953. The van der Waals surface area contributed by atoms with E-state index in [1.54, 1.807) is 12.1 Å². The number of nitrogens with two attached hydrogens (primary N) is 1. The maximum Gasteiger partial charge on any atom is 0.249 e. The Labute approximate surface area is 219 Å². The number of nitrogens with zero attached hydrogens (tertiary/aromatic N) is 1. The van der Waals surface area contributed by atoms with Crippen molar-refractivity contribution >= 4 is 39.3 Å². The van der Waals surface area contributed by atoms with Crippen molar-refractivity contribution in [3.63, 3.8) is 0 Å². The first-order valence-electron chi connectivity index (χ1n) is 12.0. The number of hydrogen-bond donors (Lipinski definition) is 2. The average molecular weight is 503 g/mol. The third kappa shape index (κ3) is 4.11. The second kappa shape index (κ2) is 9.16. The van der Waals surface area contributed by atoms with Crippen LogP contribution in [0.25, 0.3) is 44.1 Å². The monoisotopic (exact) mass is 502 g/mol. The van der Waals surface area contributed by atoms with Crippen molar-refractivity contribution in [3.8, 4) is 28.0 Å². The van der Waals surface area contributed by atoms with Crippen LogP contribution in [0.5, 0.6) is 5.75 Å². The smallest absolute Gasteiger partial charge is 0.249 e. The Hall–Kier alpha value is -4.54. The highest BCUT2D eigenvalue weighted by Crippen LogP contribution is 2.40. The van der Waals surface area contributed by atoms with Gasteiger partial charge in [0.15, 0.2) is 0 Å². The highest BCUT2D eigenvalue weighted by molar-refractivity contribution is 6.30. The van der Waals surface area contributed by atoms with Crippen molar-refractivity contribution in [2.75, 3.05) is 0 Å². The van der Waals surface area contributed by atoms with Gasteiger partial charge in [-0.1, -0.05) is 78.3 Å². The number of aromatic hydroxyl groups is 1. The van der Waals surface area contributed by atoms with Gasteiger partial charge >= 0.3 is 0 Å². The van der Waals surface area contributed by atoms with Gasteiger partial charge in [-0.25, -0.2) is 0 Å². The predicted molar refractivity (Wildman–Crippen MR) is 151 cm³/mol. The number of hydrogen-bond acceptors (Lipinski definition) is 2. The molecule has 1 aromatic heterocycles. The molecule has 0 bridgehead atoms. The number of carbonyl (C=O) groups excluding carboxylic acids is 1. The lowest BCUT2D eigenvalue weighted by molar-refractivity contribution is 0.100. The maximum absolute atomic E-state index is 12.4. The number of rotatable bonds is 5. The number of carbonyl (C=O) groups is 1. The van der Waals surface area contributed by atoms with Crippen LogP contribution in [0.4, 0.5) is 0 Å². The zero-order valence-corrected chi connectivity index (χ0v) is 20.6. The van der Waals surface area contributed by atoms with E-state index in [9.17, 15) is 9.90 Å². The molecule has 0 aliphatic heterocycles. The summed E-state index contributed by atoms with van der Waals surface area (Å²) in [5.74, 6) is -0.435. The first-order valence-corrected chi connectivity index (χ1v) is 12.4. The Balaban J connectivity index is 1.59. The minimum atomic E-state index is -0.531. The minimum Gasteiger partial charge on any atom is -0.507 e. The van der Waals surface area contributed by atoms with Crippen LogP contribution in [0.1, 0.15) is 15.9 Å². The quantitative estimate of drug-likeness (QED) is 0.254. The fourth-order valence-corrected chi connectivity index (χ4v) is 5.21. The molecule has 180 valence electrons. The van der Waals surface area contributed by atoms with E-state index < -0.39 is 5.91 Å². The molecule has 0 radical (unpaired) electrons. The molecule has 0 unspecified atom stereocenters. The van der Waals surface area contributed by atoms with Gasteiger partial charge in [0.25, 0.3) is 0 Å². The zero-order valence-electron chi connectivity index (χ0n) is 19.9. The van der Waals surface area contributed by atoms with Crippen LogP contribution in [-0.2, 0) is 6.54 Å². The normalized spacial score (nSPS) is 11.3. The highest BCUT2D eigenvalue weighted by atomic mass is 35.5. The number of benzene rings is 5. The second-order valence-corrected chi connectivity index (χ2v) is 9.55. The van der Waals surface area contributed by atoms with Gasteiger partial charge in [0.2, 0.25) is 5.91 Å². The fraction of sp³-hybridized carbons (Fsp3) is 0.0312. The average Bonchev–Trinajstić information content (AvgIpc) is 3.23. The lowest BCUT2D eigenvalue weighted by atomic mass is 10.0. The van der Waals surface area contributed by atoms with Crippen molar-refractivity contribution in [2.24, 2.45) is 5.73 Å². The zero-order chi connectivity index (χ0) is 25.5. The van der Waals surface area contributed by atoms with Crippen LogP contribution in [0.2, 0.25) is 5.02 Å². The summed E-state index contributed by atoms with van der Waals surface area (Å²) in [7, 11) is 0. The fourth-order valence-electron chi connectivity index (χ4n) is 5.09. The third-order valence-electron chi connectivity index (χ3n) is 6.79. The molecule has 0 saturated carbocycles. The number of phenols is 1. The molecule has 0 atom stereocenters. The van der Waals surface area contributed by atoms with E-state index in [0.717, 1.165) is 38.9 Å². The van der Waals surface area contributed by atoms with Gasteiger partial charge in [-0.3, -0.25) is 4.79 Å². The van der Waals surface area contributed by atoms with Gasteiger partial charge in [0.05, 0.1) is 16.4 Å². The Morgan fingerprint density at radius 2 is 1.41 bits per heavy atom. The van der Waals surface area contributed by atoms with E-state index in [-0.39, 0.29) is 5.75 Å². The molecule has 5 aromatic carbocycles. The Morgan fingerprint density at radius 3 is 2.16 bits per heavy atom. The third-order valence-corrected chi connectivity index (χ3v) is 7.04. The second-order valence-electron chi connectivity index (χ2n) is 9.11. The highest BCUT2D eigenvalue weighted by Gasteiger charge is 2.20. The molecular weight excluding hydrogens is 480 g/mol. The molecule has 3 N–H and O–H groups in total. The molecule has 6 rings (SSSR count). The van der Waals surface area contributed by atoms with Gasteiger partial charge in [0.1, 0.15) is 5.75 Å². The van der Waals surface area contributed by atoms with E-state index in [1.807, 2.05) is 60.7 Å². The van der Waals surface area contributed by atoms with Crippen molar-refractivity contribution in [1.29, 1.82) is 0 Å². The van der Waals surface area contributed by atoms with Crippen LogP contribution >= 0.6 is 11.6 Å². The van der Waals surface area contributed by atoms with E-state index in [4.69, 9.17) is 17.3 Å². The van der Waals surface area contributed by atoms with E-state index in [2.05, 4.69) is 41.0 Å². The molecular formula is C32H23ClN2O2. The Morgan fingerprint density at radius 1 is 0.703 bits per heavy atom. The number of phenolic OH excluding ortho intramolecular Hbond substituents is 1. The summed E-state index contributed by atoms with van der Waals surface area (Å²) in [5.41, 5.74) is 12.9. The molecule has 0 aliphatic carbocycles. The maximum atomic E-state index is 12.4. The predicted octanol–water partition coefficient (Wildman–Crippen LogP) is 7.63. The molecule has 0 saturated heterocycles. The van der Waals surface area contributed by atoms with E-state index in [0.29, 0.717) is 27.9 Å². The number of halogens is 1. The topological polar surface area (TPSA) is 68.2 Å². The summed E-state index contributed by atoms with van der Waals surface area (Å²) in [6.45, 7) is 0.548. The van der Waals surface area contributed by atoms with E-state index >= 15 is 0 Å². The molecule has 0 aliphatic rings. The van der Waals surface area contributed by atoms with Crippen LogP contribution < -0.4 is 5.73 Å². The van der Waals surface area contributed by atoms with Crippen molar-refractivity contribution in [2.45, 2.75) is 6.54 Å². The lowest BCUT2D eigenvalue weighted by Gasteiger charge is -2.11. The first-order chi connectivity index (χ1) is 18.0. The summed E-state index contributed by atoms with van der Waals surface area (Å²) in [4.78, 5) is 12.4. The Kier molecular flexibility index (Phi) is 5.67. The molecule has 0 fully saturated rings. The van der Waals surface area contributed by atoms with Gasteiger partial charge in [-0.2, -0.15) is 0 Å². The molecule has 0 spiro atoms. The number of amides is 1. The molecule has 1 amide bonds. The van der Waals surface area contributed by atoms with Crippen LogP contribution in [0.15, 0.2) is 109 Å². The molecule has 6 aromatic rings. The number of fused-ring (bicyclic) bond motifs is 3. The van der Waals surface area contributed by atoms with Crippen LogP contribution in [0.3, 0.4) is 0 Å². The van der Waals surface area contributed by atoms with Gasteiger partial charge < -0.3 is 15.4 Å². The molecule has 37 heavy (non-hydrogen) atoms. The molecule has 5 heteroatoms. The summed E-state index contributed by atoms with van der Waals surface area (Å²) in [6.07, 6.45) is 0. The number of primary amides is 1. The summed E-state index contributed by atoms with van der Waals surface area (Å²) < 4.78 is 2.14. The number of aromatic nitrogens is 1. The van der Waals surface area contributed by atoms with Crippen molar-refractivity contribution < 1.29 is 9.90 Å². The Bertz CT molecular complexity index is 1790. The lowest BCUT2D eigenvalue weighted by Crippen LogP contribution is -2.11. The van der Waals surface area contributed by atoms with Crippen molar-refractivity contribution in [1.82, 2.24) is 4.57 Å². The summed E-state index contributed by atoms with van der Waals surface area (Å²) in [6, 6.07) is 35.4. The first kappa shape index (κ1) is 22.9. The standard InChI is InChI=1S/C32H23ClN2O2/c33-25-14-12-22(13-15-25)24-17-28-31(29(36)18-24)30-26(32(34)37)10-5-11-27(30)35(28)19-20-6-4-9-23(16-20)21-7-2-1-3-8-21/h1-18,36H,19H2,(H2,34,37). The van der Waals surface area contributed by atoms with E-state index in [1.165, 1.54) is 0 Å². The SMILES string of the molecule is NC(=O)c1cccc2c1c1c(O)cc(-c3ccc(Cl)cc3)cc1n2Cc1cccc(-c2ccccc2)c1. The van der Waals surface area contributed by atoms with Crippen LogP contribution in [0, 0.1) is 0 Å². The van der Waals surface area contributed by atoms with Gasteiger partial charge in [-0.15, -0.1) is 0 Å². The summed E-state index contributed by atoms with van der Waals surface area (Å²) >= 11 is 6.10. The van der Waals surface area contributed by atoms with Gasteiger partial charge in [0, 0.05) is 22.5 Å². The summed E-state index contributed by atoms with van der Waals surface area (Å²) in [5, 5.41) is 13.2. The van der Waals surface area contributed by atoms with Gasteiger partial charge in [-0.05, 0) is 70.3 Å². The molecule has 4 nitrogen and oxygen atoms in total. The molecule has 1 heterocycles.